The van der Waals surface area contributed by atoms with Crippen molar-refractivity contribution in [3.8, 4) is 5.75 Å². The average Bonchev–Trinajstić information content (AvgIpc) is 3.22. The Hall–Kier alpha value is -2.99. The summed E-state index contributed by atoms with van der Waals surface area (Å²) in [4.78, 5) is 30.1. The van der Waals surface area contributed by atoms with Crippen LogP contribution >= 0.6 is 27.3 Å². The maximum Gasteiger partial charge on any atom is 0.415 e. The highest BCUT2D eigenvalue weighted by molar-refractivity contribution is 9.11. The Balaban J connectivity index is 1.54. The van der Waals surface area contributed by atoms with Crippen LogP contribution in [0.2, 0.25) is 0 Å². The van der Waals surface area contributed by atoms with Crippen LogP contribution in [0.4, 0.5) is 19.1 Å². The van der Waals surface area contributed by atoms with Gasteiger partial charge in [-0.05, 0) is 40.5 Å². The number of nitrogens with one attached hydrogen (secondary N) is 2. The highest BCUT2D eigenvalue weighted by Crippen LogP contribution is 2.29. The van der Waals surface area contributed by atoms with Crippen LogP contribution in [0.15, 0.2) is 32.6 Å². The Morgan fingerprint density at radius 2 is 2.13 bits per heavy atom. The number of aryl methyl sites for hydroxylation is 2. The van der Waals surface area contributed by atoms with Crippen LogP contribution in [0.5, 0.6) is 5.75 Å². The Kier molecular flexibility index (Phi) is 7.23. The van der Waals surface area contributed by atoms with Crippen LogP contribution in [-0.4, -0.2) is 34.2 Å². The van der Waals surface area contributed by atoms with Gasteiger partial charge in [-0.3, -0.25) is 5.32 Å². The van der Waals surface area contributed by atoms with E-state index in [0.29, 0.717) is 31.6 Å². The maximum absolute atomic E-state index is 13.2. The molecular formula is C19H19BrFN5O4S. The zero-order valence-electron chi connectivity index (χ0n) is 16.9. The van der Waals surface area contributed by atoms with Crippen molar-refractivity contribution in [2.24, 2.45) is 0 Å². The number of urea groups is 1. The summed E-state index contributed by atoms with van der Waals surface area (Å²) < 4.78 is 24.2. The second-order valence-corrected chi connectivity index (χ2v) is 8.87. The first-order chi connectivity index (χ1) is 14.7. The van der Waals surface area contributed by atoms with Gasteiger partial charge in [0.1, 0.15) is 11.5 Å². The summed E-state index contributed by atoms with van der Waals surface area (Å²) in [6.45, 7) is 3.63. The summed E-state index contributed by atoms with van der Waals surface area (Å²) >= 11 is 4.59. The molecule has 9 nitrogen and oxygen atoms in total. The molecule has 0 radical (unpaired) electrons. The predicted molar refractivity (Wildman–Crippen MR) is 116 cm³/mol. The lowest BCUT2D eigenvalue weighted by Gasteiger charge is -2.15. The molecule has 0 unspecified atom stereocenters. The topological polar surface area (TPSA) is 110 Å². The lowest BCUT2D eigenvalue weighted by atomic mass is 10.2. The molecule has 0 fully saturated rings. The Morgan fingerprint density at radius 1 is 1.35 bits per heavy atom. The summed E-state index contributed by atoms with van der Waals surface area (Å²) in [6, 6.07) is 5.47. The molecule has 12 heteroatoms. The first-order valence-electron chi connectivity index (χ1n) is 9.03. The molecule has 0 aliphatic rings. The van der Waals surface area contributed by atoms with Gasteiger partial charge in [0, 0.05) is 20.5 Å². The molecule has 3 rings (SSSR count). The number of aromatic nitrogens is 2. The number of hydrogen-bond acceptors (Lipinski definition) is 7. The standard InChI is InChI=1S/C19H19BrFN5O4S/c1-10-15(11(2)30-25-10)29-19(28)26(3)9-14-16(20)31-18(23-14)24-17(27)22-8-12-5-4-6-13(21)7-12/h4-7H,8-9H2,1-3H3,(H2,22,23,24,27). The molecular weight excluding hydrogens is 493 g/mol. The number of ether oxygens (including phenoxy) is 1. The number of hydrogen-bond donors (Lipinski definition) is 2. The molecule has 2 N–H and O–H groups in total. The third-order valence-electron chi connectivity index (χ3n) is 4.07. The van der Waals surface area contributed by atoms with Crippen molar-refractivity contribution in [2.45, 2.75) is 26.9 Å². The van der Waals surface area contributed by atoms with Gasteiger partial charge in [0.15, 0.2) is 16.6 Å². The van der Waals surface area contributed by atoms with Gasteiger partial charge >= 0.3 is 12.1 Å². The zero-order valence-corrected chi connectivity index (χ0v) is 19.3. The van der Waals surface area contributed by atoms with Gasteiger partial charge in [0.2, 0.25) is 0 Å². The van der Waals surface area contributed by atoms with Crippen molar-refractivity contribution in [3.63, 3.8) is 0 Å². The molecule has 0 spiro atoms. The second kappa shape index (κ2) is 9.88. The summed E-state index contributed by atoms with van der Waals surface area (Å²) in [5.74, 6) is 0.321. The Bertz CT molecular complexity index is 1080. The molecule has 0 bridgehead atoms. The summed E-state index contributed by atoms with van der Waals surface area (Å²) in [5.41, 5.74) is 1.66. The van der Waals surface area contributed by atoms with E-state index in [-0.39, 0.29) is 24.7 Å². The van der Waals surface area contributed by atoms with Crippen molar-refractivity contribution < 1.29 is 23.2 Å². The highest BCUT2D eigenvalue weighted by atomic mass is 79.9. The molecule has 3 aromatic rings. The van der Waals surface area contributed by atoms with E-state index in [0.717, 1.165) is 0 Å². The minimum absolute atomic E-state index is 0.145. The van der Waals surface area contributed by atoms with E-state index in [2.05, 4.69) is 36.7 Å². The third-order valence-corrected chi connectivity index (χ3v) is 5.81. The Labute approximate surface area is 189 Å². The van der Waals surface area contributed by atoms with E-state index in [1.54, 1.807) is 33.0 Å². The average molecular weight is 512 g/mol. The molecule has 3 amide bonds. The highest BCUT2D eigenvalue weighted by Gasteiger charge is 2.20. The molecule has 0 saturated heterocycles. The number of carbonyl (C=O) groups excluding carboxylic acids is 2. The van der Waals surface area contributed by atoms with E-state index in [1.165, 1.54) is 28.4 Å². The molecule has 1 aromatic carbocycles. The molecule has 0 aliphatic heterocycles. The number of nitrogens with zero attached hydrogens (tertiary/aromatic N) is 3. The molecule has 2 aromatic heterocycles. The molecule has 0 atom stereocenters. The fourth-order valence-corrected chi connectivity index (χ4v) is 3.90. The van der Waals surface area contributed by atoms with Crippen LogP contribution in [0.1, 0.15) is 22.7 Å². The third kappa shape index (κ3) is 6.01. The SMILES string of the molecule is Cc1noc(C)c1OC(=O)N(C)Cc1nc(NC(=O)NCc2cccc(F)c2)sc1Br. The van der Waals surface area contributed by atoms with Crippen molar-refractivity contribution in [2.75, 3.05) is 12.4 Å². The largest absolute Gasteiger partial charge is 0.415 e. The smallest absolute Gasteiger partial charge is 0.404 e. The van der Waals surface area contributed by atoms with Crippen LogP contribution in [0.25, 0.3) is 0 Å². The van der Waals surface area contributed by atoms with Crippen molar-refractivity contribution in [3.05, 3.63) is 56.6 Å². The van der Waals surface area contributed by atoms with Crippen molar-refractivity contribution >= 4 is 44.5 Å². The number of amides is 3. The summed E-state index contributed by atoms with van der Waals surface area (Å²) in [6.07, 6.45) is -0.600. The Morgan fingerprint density at radius 3 is 2.81 bits per heavy atom. The van der Waals surface area contributed by atoms with Gasteiger partial charge in [-0.25, -0.2) is 19.0 Å². The van der Waals surface area contributed by atoms with Gasteiger partial charge < -0.3 is 19.5 Å². The number of rotatable bonds is 6. The predicted octanol–water partition coefficient (Wildman–Crippen LogP) is 4.60. The van der Waals surface area contributed by atoms with E-state index in [9.17, 15) is 14.0 Å². The van der Waals surface area contributed by atoms with Crippen molar-refractivity contribution in [1.82, 2.24) is 20.4 Å². The summed E-state index contributed by atoms with van der Waals surface area (Å²) in [5, 5.41) is 9.33. The number of benzene rings is 1. The van der Waals surface area contributed by atoms with Gasteiger partial charge in [0.05, 0.1) is 16.0 Å². The van der Waals surface area contributed by atoms with E-state index in [1.807, 2.05) is 0 Å². The van der Waals surface area contributed by atoms with Crippen LogP contribution < -0.4 is 15.4 Å². The number of anilines is 1. The normalized spacial score (nSPS) is 10.6. The summed E-state index contributed by atoms with van der Waals surface area (Å²) in [7, 11) is 1.56. The first-order valence-corrected chi connectivity index (χ1v) is 10.6. The number of halogens is 2. The minimum Gasteiger partial charge on any atom is -0.404 e. The fourth-order valence-electron chi connectivity index (χ4n) is 2.53. The van der Waals surface area contributed by atoms with Gasteiger partial charge in [0.25, 0.3) is 0 Å². The molecule has 164 valence electrons. The van der Waals surface area contributed by atoms with Crippen LogP contribution in [0.3, 0.4) is 0 Å². The quantitative estimate of drug-likeness (QED) is 0.500. The number of carbonyl (C=O) groups is 2. The fraction of sp³-hybridized carbons (Fsp3) is 0.263. The lowest BCUT2D eigenvalue weighted by molar-refractivity contribution is 0.159. The van der Waals surface area contributed by atoms with E-state index >= 15 is 0 Å². The minimum atomic E-state index is -0.600. The van der Waals surface area contributed by atoms with Crippen molar-refractivity contribution in [1.29, 1.82) is 0 Å². The molecule has 2 heterocycles. The second-order valence-electron chi connectivity index (χ2n) is 6.55. The van der Waals surface area contributed by atoms with E-state index < -0.39 is 12.1 Å². The monoisotopic (exact) mass is 511 g/mol. The lowest BCUT2D eigenvalue weighted by Crippen LogP contribution is -2.30. The first kappa shape index (κ1) is 22.7. The van der Waals surface area contributed by atoms with Crippen LogP contribution in [-0.2, 0) is 13.1 Å². The van der Waals surface area contributed by atoms with Gasteiger partial charge in [-0.15, -0.1) is 0 Å². The van der Waals surface area contributed by atoms with Gasteiger partial charge in [-0.2, -0.15) is 0 Å². The molecule has 0 aliphatic carbocycles. The number of thiazole rings is 1. The zero-order chi connectivity index (χ0) is 22.5. The van der Waals surface area contributed by atoms with Crippen LogP contribution in [0, 0.1) is 19.7 Å². The van der Waals surface area contributed by atoms with Gasteiger partial charge in [-0.1, -0.05) is 28.6 Å². The molecule has 0 saturated carbocycles. The maximum atomic E-state index is 13.2. The molecule has 31 heavy (non-hydrogen) atoms. The van der Waals surface area contributed by atoms with E-state index in [4.69, 9.17) is 9.26 Å².